The second-order valence-corrected chi connectivity index (χ2v) is 4.02. The summed E-state index contributed by atoms with van der Waals surface area (Å²) in [4.78, 5) is 24.0. The van der Waals surface area contributed by atoms with Gasteiger partial charge in [-0.15, -0.1) is 0 Å². The van der Waals surface area contributed by atoms with Crippen LogP contribution in [0.15, 0.2) is 18.2 Å². The molecule has 1 unspecified atom stereocenters. The zero-order valence-corrected chi connectivity index (χ0v) is 10.1. The van der Waals surface area contributed by atoms with Gasteiger partial charge in [0.15, 0.2) is 0 Å². The molecular formula is C12H16N2O3. The number of nitrogens with two attached hydrogens (primary N) is 1. The number of amides is 1. The van der Waals surface area contributed by atoms with Gasteiger partial charge in [-0.2, -0.15) is 0 Å². The van der Waals surface area contributed by atoms with Crippen LogP contribution in [0.3, 0.4) is 0 Å². The van der Waals surface area contributed by atoms with Crippen molar-refractivity contribution in [2.75, 3.05) is 12.8 Å². The Balaban J connectivity index is 3.04. The molecular weight excluding hydrogens is 220 g/mol. The molecule has 0 aliphatic rings. The van der Waals surface area contributed by atoms with Gasteiger partial charge in [0.25, 0.3) is 5.91 Å². The summed E-state index contributed by atoms with van der Waals surface area (Å²) in [5.41, 5.74) is 7.30. The molecule has 1 aromatic rings. The van der Waals surface area contributed by atoms with Gasteiger partial charge in [0.2, 0.25) is 0 Å². The first-order valence-corrected chi connectivity index (χ1v) is 5.20. The highest BCUT2D eigenvalue weighted by Crippen LogP contribution is 2.16. The summed E-state index contributed by atoms with van der Waals surface area (Å²) >= 11 is 0. The van der Waals surface area contributed by atoms with Crippen LogP contribution in [0.1, 0.15) is 22.8 Å². The van der Waals surface area contributed by atoms with Crippen molar-refractivity contribution in [2.24, 2.45) is 0 Å². The molecule has 5 nitrogen and oxygen atoms in total. The lowest BCUT2D eigenvalue weighted by Gasteiger charge is -2.22. The summed E-state index contributed by atoms with van der Waals surface area (Å²) in [6.07, 6.45) is 0. The minimum absolute atomic E-state index is 0.334. The number of nitrogen functional groups attached to an aromatic ring is 1. The lowest BCUT2D eigenvalue weighted by molar-refractivity contribution is -0.141. The Hall–Kier alpha value is -2.04. The quantitative estimate of drug-likeness (QED) is 0.770. The van der Waals surface area contributed by atoms with Crippen molar-refractivity contribution in [2.45, 2.75) is 19.9 Å². The number of carboxylic acid groups (broad SMARTS) is 1. The summed E-state index contributed by atoms with van der Waals surface area (Å²) in [7, 11) is 1.45. The van der Waals surface area contributed by atoms with E-state index in [4.69, 9.17) is 10.8 Å². The summed E-state index contributed by atoms with van der Waals surface area (Å²) in [6.45, 7) is 3.29. The predicted molar refractivity (Wildman–Crippen MR) is 64.8 cm³/mol. The van der Waals surface area contributed by atoms with E-state index in [2.05, 4.69) is 0 Å². The molecule has 0 saturated carbocycles. The first-order valence-electron chi connectivity index (χ1n) is 5.20. The smallest absolute Gasteiger partial charge is 0.326 e. The van der Waals surface area contributed by atoms with E-state index >= 15 is 0 Å². The van der Waals surface area contributed by atoms with E-state index in [1.54, 1.807) is 18.2 Å². The second-order valence-electron chi connectivity index (χ2n) is 4.02. The Morgan fingerprint density at radius 3 is 2.53 bits per heavy atom. The minimum atomic E-state index is -1.05. The molecule has 5 heteroatoms. The fourth-order valence-electron chi connectivity index (χ4n) is 1.39. The Labute approximate surface area is 99.8 Å². The fraction of sp³-hybridized carbons (Fsp3) is 0.333. The number of carboxylic acids is 1. The first-order chi connectivity index (χ1) is 7.84. The standard InChI is InChI=1S/C12H16N2O3/c1-7-4-5-10(13)9(6-7)11(15)14(3)8(2)12(16)17/h4-6,8H,13H2,1-3H3,(H,16,17). The molecule has 17 heavy (non-hydrogen) atoms. The van der Waals surface area contributed by atoms with Gasteiger partial charge in [-0.1, -0.05) is 11.6 Å². The zero-order valence-electron chi connectivity index (χ0n) is 10.1. The van der Waals surface area contributed by atoms with E-state index in [0.717, 1.165) is 10.5 Å². The number of rotatable bonds is 3. The van der Waals surface area contributed by atoms with Gasteiger partial charge >= 0.3 is 5.97 Å². The number of carbonyl (C=O) groups is 2. The number of aryl methyl sites for hydroxylation is 1. The summed E-state index contributed by atoms with van der Waals surface area (Å²) in [5, 5.41) is 8.85. The fourth-order valence-corrected chi connectivity index (χ4v) is 1.39. The molecule has 0 bridgehead atoms. The number of anilines is 1. The molecule has 0 aliphatic heterocycles. The van der Waals surface area contributed by atoms with Gasteiger partial charge in [0.05, 0.1) is 5.56 Å². The Morgan fingerprint density at radius 2 is 2.00 bits per heavy atom. The number of aliphatic carboxylic acids is 1. The number of hydrogen-bond donors (Lipinski definition) is 2. The van der Waals surface area contributed by atoms with Crippen molar-refractivity contribution in [1.82, 2.24) is 4.90 Å². The largest absolute Gasteiger partial charge is 0.480 e. The van der Waals surface area contributed by atoms with Crippen molar-refractivity contribution in [1.29, 1.82) is 0 Å². The number of benzene rings is 1. The highest BCUT2D eigenvalue weighted by molar-refractivity contribution is 6.00. The summed E-state index contributed by atoms with van der Waals surface area (Å²) in [5.74, 6) is -1.44. The molecule has 1 amide bonds. The van der Waals surface area contributed by atoms with Gasteiger partial charge in [-0.3, -0.25) is 4.79 Å². The number of likely N-dealkylation sites (N-methyl/N-ethyl adjacent to an activating group) is 1. The van der Waals surface area contributed by atoms with Crippen molar-refractivity contribution in [3.63, 3.8) is 0 Å². The van der Waals surface area contributed by atoms with Crippen LogP contribution in [0, 0.1) is 6.92 Å². The second kappa shape index (κ2) is 4.86. The molecule has 1 atom stereocenters. The van der Waals surface area contributed by atoms with E-state index in [-0.39, 0.29) is 5.91 Å². The van der Waals surface area contributed by atoms with Crippen LogP contribution in [0.2, 0.25) is 0 Å². The number of carbonyl (C=O) groups excluding carboxylic acids is 1. The maximum absolute atomic E-state index is 12.0. The topological polar surface area (TPSA) is 83.6 Å². The van der Waals surface area contributed by atoms with Gasteiger partial charge in [0.1, 0.15) is 6.04 Å². The third-order valence-electron chi connectivity index (χ3n) is 2.70. The maximum Gasteiger partial charge on any atom is 0.326 e. The third-order valence-corrected chi connectivity index (χ3v) is 2.70. The highest BCUT2D eigenvalue weighted by atomic mass is 16.4. The molecule has 0 aromatic heterocycles. The van der Waals surface area contributed by atoms with Crippen LogP contribution < -0.4 is 5.73 Å². The maximum atomic E-state index is 12.0. The van der Waals surface area contributed by atoms with E-state index in [1.165, 1.54) is 14.0 Å². The minimum Gasteiger partial charge on any atom is -0.480 e. The van der Waals surface area contributed by atoms with Crippen molar-refractivity contribution >= 4 is 17.6 Å². The average molecular weight is 236 g/mol. The lowest BCUT2D eigenvalue weighted by atomic mass is 10.1. The molecule has 92 valence electrons. The molecule has 1 rings (SSSR count). The van der Waals surface area contributed by atoms with E-state index in [1.807, 2.05) is 6.92 Å². The SMILES string of the molecule is Cc1ccc(N)c(C(=O)N(C)C(C)C(=O)O)c1. The van der Waals surface area contributed by atoms with Crippen LogP contribution in [0.4, 0.5) is 5.69 Å². The van der Waals surface area contributed by atoms with Gasteiger partial charge in [0, 0.05) is 12.7 Å². The third kappa shape index (κ3) is 2.75. The van der Waals surface area contributed by atoms with Crippen LogP contribution in [-0.4, -0.2) is 35.0 Å². The summed E-state index contributed by atoms with van der Waals surface area (Å²) < 4.78 is 0. The Morgan fingerprint density at radius 1 is 1.41 bits per heavy atom. The number of nitrogens with zero attached hydrogens (tertiary/aromatic N) is 1. The van der Waals surface area contributed by atoms with Crippen LogP contribution >= 0.6 is 0 Å². The van der Waals surface area contributed by atoms with Crippen LogP contribution in [0.5, 0.6) is 0 Å². The van der Waals surface area contributed by atoms with E-state index in [0.29, 0.717) is 11.3 Å². The Kier molecular flexibility index (Phi) is 3.73. The molecule has 0 aliphatic carbocycles. The summed E-state index contributed by atoms with van der Waals surface area (Å²) in [6, 6.07) is 4.21. The van der Waals surface area contributed by atoms with Crippen LogP contribution in [0.25, 0.3) is 0 Å². The Bertz CT molecular complexity index is 457. The van der Waals surface area contributed by atoms with Gasteiger partial charge < -0.3 is 15.7 Å². The molecule has 0 radical (unpaired) electrons. The van der Waals surface area contributed by atoms with Crippen LogP contribution in [-0.2, 0) is 4.79 Å². The molecule has 0 heterocycles. The molecule has 3 N–H and O–H groups in total. The first kappa shape index (κ1) is 13.0. The highest BCUT2D eigenvalue weighted by Gasteiger charge is 2.23. The van der Waals surface area contributed by atoms with Crippen molar-refractivity contribution in [3.05, 3.63) is 29.3 Å². The van der Waals surface area contributed by atoms with Gasteiger partial charge in [-0.25, -0.2) is 4.79 Å². The van der Waals surface area contributed by atoms with Gasteiger partial charge in [-0.05, 0) is 26.0 Å². The monoisotopic (exact) mass is 236 g/mol. The normalized spacial score (nSPS) is 11.9. The zero-order chi connectivity index (χ0) is 13.2. The predicted octanol–water partition coefficient (Wildman–Crippen LogP) is 1.12. The van der Waals surface area contributed by atoms with Crippen molar-refractivity contribution < 1.29 is 14.7 Å². The molecule has 1 aromatic carbocycles. The molecule has 0 saturated heterocycles. The molecule has 0 fully saturated rings. The molecule has 0 spiro atoms. The average Bonchev–Trinajstić information content (AvgIpc) is 2.29. The van der Waals surface area contributed by atoms with Crippen molar-refractivity contribution in [3.8, 4) is 0 Å². The van der Waals surface area contributed by atoms with E-state index < -0.39 is 12.0 Å². The number of hydrogen-bond acceptors (Lipinski definition) is 3. The van der Waals surface area contributed by atoms with E-state index in [9.17, 15) is 9.59 Å². The lowest BCUT2D eigenvalue weighted by Crippen LogP contribution is -2.40.